The summed E-state index contributed by atoms with van der Waals surface area (Å²) in [6, 6.07) is 15.6. The lowest BCUT2D eigenvalue weighted by Crippen LogP contribution is -2.19. The molecule has 1 aromatic heterocycles. The second kappa shape index (κ2) is 7.77. The number of amides is 1. The zero-order chi connectivity index (χ0) is 20.3. The molecule has 2 aromatic carbocycles. The van der Waals surface area contributed by atoms with Crippen LogP contribution < -0.4 is 5.14 Å². The molecule has 0 aliphatic rings. The fourth-order valence-electron chi connectivity index (χ4n) is 2.56. The molecule has 0 radical (unpaired) electrons. The van der Waals surface area contributed by atoms with E-state index in [1.165, 1.54) is 36.1 Å². The van der Waals surface area contributed by atoms with Crippen molar-refractivity contribution in [1.29, 1.82) is 0 Å². The summed E-state index contributed by atoms with van der Waals surface area (Å²) in [7, 11) is -2.56. The highest BCUT2D eigenvalue weighted by molar-refractivity contribution is 7.89. The number of rotatable bonds is 5. The number of benzene rings is 2. The van der Waals surface area contributed by atoms with Gasteiger partial charge in [0.25, 0.3) is 5.91 Å². The Kier molecular flexibility index (Phi) is 5.41. The van der Waals surface area contributed by atoms with Gasteiger partial charge in [-0.3, -0.25) is 10.0 Å². The number of carbonyl (C=O) groups is 1. The number of carbonyl (C=O) groups excluding carboxylic acids is 1. The van der Waals surface area contributed by atoms with Gasteiger partial charge in [0.15, 0.2) is 0 Å². The zero-order valence-electron chi connectivity index (χ0n) is 14.9. The van der Waals surface area contributed by atoms with Gasteiger partial charge in [0, 0.05) is 36.6 Å². The summed E-state index contributed by atoms with van der Waals surface area (Å²) in [5.41, 5.74) is 2.97. The van der Waals surface area contributed by atoms with Crippen molar-refractivity contribution in [2.24, 2.45) is 5.14 Å². The molecular formula is C19H18N4O4S. The first-order chi connectivity index (χ1) is 13.3. The van der Waals surface area contributed by atoms with Crippen molar-refractivity contribution in [3.8, 4) is 22.4 Å². The Labute approximate surface area is 162 Å². The lowest BCUT2D eigenvalue weighted by molar-refractivity contribution is -0.153. The van der Waals surface area contributed by atoms with E-state index in [2.05, 4.69) is 5.10 Å². The quantitative estimate of drug-likeness (QED) is 0.388. The molecule has 0 saturated heterocycles. The van der Waals surface area contributed by atoms with Gasteiger partial charge in [-0.05, 0) is 17.7 Å². The number of sulfonamides is 1. The molecule has 3 rings (SSSR count). The van der Waals surface area contributed by atoms with Crippen molar-refractivity contribution < 1.29 is 18.4 Å². The predicted molar refractivity (Wildman–Crippen MR) is 104 cm³/mol. The van der Waals surface area contributed by atoms with Crippen molar-refractivity contribution in [3.63, 3.8) is 0 Å². The summed E-state index contributed by atoms with van der Waals surface area (Å²) in [5, 5.41) is 19.2. The van der Waals surface area contributed by atoms with Gasteiger partial charge >= 0.3 is 0 Å². The molecule has 0 atom stereocenters. The number of likely N-dealkylation sites (N-methyl/N-ethyl adjacent to an activating group) is 1. The third-order valence-electron chi connectivity index (χ3n) is 3.96. The maximum atomic E-state index is 11.6. The van der Waals surface area contributed by atoms with Gasteiger partial charge in [0.1, 0.15) is 5.69 Å². The number of primary sulfonamides is 1. The van der Waals surface area contributed by atoms with E-state index in [1.54, 1.807) is 18.3 Å². The molecule has 9 heteroatoms. The lowest BCUT2D eigenvalue weighted by Gasteiger charge is -2.04. The summed E-state index contributed by atoms with van der Waals surface area (Å²) in [6.45, 7) is 0. The highest BCUT2D eigenvalue weighted by atomic mass is 32.2. The van der Waals surface area contributed by atoms with Crippen LogP contribution in [0.25, 0.3) is 28.6 Å². The topological polar surface area (TPSA) is 119 Å². The maximum absolute atomic E-state index is 11.6. The van der Waals surface area contributed by atoms with Gasteiger partial charge in [-0.1, -0.05) is 42.5 Å². The van der Waals surface area contributed by atoms with Crippen molar-refractivity contribution >= 4 is 22.1 Å². The lowest BCUT2D eigenvalue weighted by atomic mass is 10.0. The second-order valence-electron chi connectivity index (χ2n) is 5.98. The third-order valence-corrected chi connectivity index (χ3v) is 4.89. The maximum Gasteiger partial charge on any atom is 0.271 e. The van der Waals surface area contributed by atoms with Gasteiger partial charge in [-0.15, -0.1) is 0 Å². The Morgan fingerprint density at radius 2 is 1.75 bits per heavy atom. The van der Waals surface area contributed by atoms with Crippen LogP contribution in [0.15, 0.2) is 71.8 Å². The Balaban J connectivity index is 2.07. The van der Waals surface area contributed by atoms with Crippen molar-refractivity contribution in [1.82, 2.24) is 14.8 Å². The van der Waals surface area contributed by atoms with Crippen LogP contribution in [0.3, 0.4) is 0 Å². The van der Waals surface area contributed by atoms with Crippen molar-refractivity contribution in [2.45, 2.75) is 4.90 Å². The van der Waals surface area contributed by atoms with Gasteiger partial charge < -0.3 is 0 Å². The highest BCUT2D eigenvalue weighted by Crippen LogP contribution is 2.31. The van der Waals surface area contributed by atoms with E-state index in [0.29, 0.717) is 16.3 Å². The number of nitrogens with zero attached hydrogens (tertiary/aromatic N) is 3. The molecule has 8 nitrogen and oxygen atoms in total. The molecule has 144 valence electrons. The highest BCUT2D eigenvalue weighted by Gasteiger charge is 2.14. The smallest absolute Gasteiger partial charge is 0.271 e. The van der Waals surface area contributed by atoms with E-state index in [4.69, 9.17) is 10.3 Å². The number of hydroxylamine groups is 2. The van der Waals surface area contributed by atoms with E-state index in [-0.39, 0.29) is 4.90 Å². The minimum absolute atomic E-state index is 0.00780. The molecule has 0 saturated carbocycles. The van der Waals surface area contributed by atoms with E-state index < -0.39 is 15.9 Å². The molecule has 0 aliphatic carbocycles. The summed E-state index contributed by atoms with van der Waals surface area (Å²) in [6.07, 6.45) is 4.33. The summed E-state index contributed by atoms with van der Waals surface area (Å²) in [5.74, 6) is -0.601. The second-order valence-corrected chi connectivity index (χ2v) is 7.55. The van der Waals surface area contributed by atoms with E-state index in [0.717, 1.165) is 11.1 Å². The summed E-state index contributed by atoms with van der Waals surface area (Å²) < 4.78 is 24.4. The molecule has 28 heavy (non-hydrogen) atoms. The van der Waals surface area contributed by atoms with Crippen LogP contribution in [0.5, 0.6) is 0 Å². The molecular weight excluding hydrogens is 380 g/mol. The van der Waals surface area contributed by atoms with E-state index >= 15 is 0 Å². The fourth-order valence-corrected chi connectivity index (χ4v) is 3.08. The number of nitrogens with two attached hydrogens (primary N) is 1. The van der Waals surface area contributed by atoms with Crippen LogP contribution >= 0.6 is 0 Å². The minimum Gasteiger partial charge on any atom is -0.286 e. The van der Waals surface area contributed by atoms with E-state index in [9.17, 15) is 13.2 Å². The molecule has 3 N–H and O–H groups in total. The van der Waals surface area contributed by atoms with Crippen LogP contribution in [-0.4, -0.2) is 41.4 Å². The molecule has 0 spiro atoms. The van der Waals surface area contributed by atoms with Crippen LogP contribution in [0.2, 0.25) is 0 Å². The SMILES string of the molecule is CN(O)C(=O)C=Cn1cc(-c2ccccc2)c(-c2ccc(S(N)(=O)=O)cc2)n1. The Morgan fingerprint density at radius 1 is 1.11 bits per heavy atom. The summed E-state index contributed by atoms with van der Waals surface area (Å²) >= 11 is 0. The average molecular weight is 398 g/mol. The van der Waals surface area contributed by atoms with E-state index in [1.807, 2.05) is 30.3 Å². The molecule has 3 aromatic rings. The minimum atomic E-state index is -3.79. The number of hydrogen-bond acceptors (Lipinski definition) is 5. The van der Waals surface area contributed by atoms with Gasteiger partial charge in [0.2, 0.25) is 10.0 Å². The predicted octanol–water partition coefficient (Wildman–Crippen LogP) is 2.18. The third kappa shape index (κ3) is 4.34. The molecule has 0 unspecified atom stereocenters. The first-order valence-corrected chi connectivity index (χ1v) is 9.73. The first kappa shape index (κ1) is 19.5. The molecule has 1 heterocycles. The number of hydrogen-bond donors (Lipinski definition) is 2. The Hall–Kier alpha value is -3.27. The molecule has 1 amide bonds. The Bertz CT molecular complexity index is 1120. The average Bonchev–Trinajstić information content (AvgIpc) is 3.10. The molecule has 0 bridgehead atoms. The van der Waals surface area contributed by atoms with Crippen LogP contribution in [0.4, 0.5) is 0 Å². The largest absolute Gasteiger partial charge is 0.286 e. The normalized spacial score (nSPS) is 11.7. The fraction of sp³-hybridized carbons (Fsp3) is 0.0526. The first-order valence-electron chi connectivity index (χ1n) is 8.18. The summed E-state index contributed by atoms with van der Waals surface area (Å²) in [4.78, 5) is 11.6. The van der Waals surface area contributed by atoms with Gasteiger partial charge in [-0.2, -0.15) is 5.10 Å². The Morgan fingerprint density at radius 3 is 2.32 bits per heavy atom. The van der Waals surface area contributed by atoms with Gasteiger partial charge in [0.05, 0.1) is 4.90 Å². The molecule has 0 fully saturated rings. The zero-order valence-corrected chi connectivity index (χ0v) is 15.7. The van der Waals surface area contributed by atoms with Crippen molar-refractivity contribution in [2.75, 3.05) is 7.05 Å². The van der Waals surface area contributed by atoms with Crippen LogP contribution in [0, 0.1) is 0 Å². The standard InChI is InChI=1S/C19H18N4O4S/c1-22(25)18(24)11-12-23-13-17(14-5-3-2-4-6-14)19(21-23)15-7-9-16(10-8-15)28(20,26)27/h2-13,25H,1H3,(H2,20,26,27). The van der Waals surface area contributed by atoms with Crippen LogP contribution in [0.1, 0.15) is 0 Å². The van der Waals surface area contributed by atoms with Gasteiger partial charge in [-0.25, -0.2) is 23.3 Å². The monoisotopic (exact) mass is 398 g/mol. The molecule has 0 aliphatic heterocycles. The number of aromatic nitrogens is 2. The van der Waals surface area contributed by atoms with Crippen LogP contribution in [-0.2, 0) is 14.8 Å². The van der Waals surface area contributed by atoms with Crippen molar-refractivity contribution in [3.05, 3.63) is 66.9 Å².